The van der Waals surface area contributed by atoms with Crippen LogP contribution in [0.3, 0.4) is 0 Å². The molecule has 5 nitrogen and oxygen atoms in total. The van der Waals surface area contributed by atoms with Crippen molar-refractivity contribution in [1.29, 1.82) is 0 Å². The van der Waals surface area contributed by atoms with Crippen LogP contribution in [0, 0.1) is 0 Å². The Balaban J connectivity index is 1.67. The lowest BCUT2D eigenvalue weighted by Crippen LogP contribution is -2.16. The fraction of sp³-hybridized carbons (Fsp3) is 0.333. The number of benzene rings is 1. The Kier molecular flexibility index (Phi) is 4.88. The largest absolute Gasteiger partial charge is 0.490 e. The van der Waals surface area contributed by atoms with E-state index in [1.165, 1.54) is 0 Å². The SMILES string of the molecule is Cn1cc(C(=O)/C=C/c2ccccc2OC[C@H]2CCCO2)cn1. The number of aryl methyl sites for hydroxylation is 1. The van der Waals surface area contributed by atoms with E-state index < -0.39 is 0 Å². The Labute approximate surface area is 135 Å². The molecule has 1 aliphatic heterocycles. The van der Waals surface area contributed by atoms with Gasteiger partial charge < -0.3 is 9.47 Å². The molecule has 0 saturated carbocycles. The Hall–Kier alpha value is -2.40. The highest BCUT2D eigenvalue weighted by Gasteiger charge is 2.16. The van der Waals surface area contributed by atoms with Gasteiger partial charge in [0.2, 0.25) is 0 Å². The normalized spacial score (nSPS) is 17.7. The van der Waals surface area contributed by atoms with Crippen LogP contribution in [0.5, 0.6) is 5.75 Å². The van der Waals surface area contributed by atoms with Gasteiger partial charge in [-0.25, -0.2) is 0 Å². The van der Waals surface area contributed by atoms with Crippen molar-refractivity contribution in [3.63, 3.8) is 0 Å². The Morgan fingerprint density at radius 1 is 1.48 bits per heavy atom. The van der Waals surface area contributed by atoms with Crippen molar-refractivity contribution in [1.82, 2.24) is 9.78 Å². The molecule has 0 N–H and O–H groups in total. The van der Waals surface area contributed by atoms with Gasteiger partial charge in [-0.3, -0.25) is 9.48 Å². The van der Waals surface area contributed by atoms with Crippen molar-refractivity contribution >= 4 is 11.9 Å². The summed E-state index contributed by atoms with van der Waals surface area (Å²) in [5.41, 5.74) is 1.45. The van der Waals surface area contributed by atoms with Gasteiger partial charge in [0.15, 0.2) is 5.78 Å². The van der Waals surface area contributed by atoms with Crippen molar-refractivity contribution < 1.29 is 14.3 Å². The first-order chi connectivity index (χ1) is 11.2. The van der Waals surface area contributed by atoms with Crippen molar-refractivity contribution in [2.24, 2.45) is 7.05 Å². The smallest absolute Gasteiger partial charge is 0.189 e. The number of hydrogen-bond donors (Lipinski definition) is 0. The molecule has 2 aromatic rings. The Morgan fingerprint density at radius 3 is 3.09 bits per heavy atom. The summed E-state index contributed by atoms with van der Waals surface area (Å²) in [6, 6.07) is 7.68. The molecule has 5 heteroatoms. The first-order valence-corrected chi connectivity index (χ1v) is 7.77. The highest BCUT2D eigenvalue weighted by atomic mass is 16.5. The third-order valence-corrected chi connectivity index (χ3v) is 3.77. The number of carbonyl (C=O) groups is 1. The molecule has 0 spiro atoms. The zero-order valence-corrected chi connectivity index (χ0v) is 13.1. The van der Waals surface area contributed by atoms with E-state index in [0.717, 1.165) is 30.8 Å². The lowest BCUT2D eigenvalue weighted by atomic mass is 10.1. The number of carbonyl (C=O) groups excluding carboxylic acids is 1. The van der Waals surface area contributed by atoms with Gasteiger partial charge >= 0.3 is 0 Å². The van der Waals surface area contributed by atoms with E-state index in [-0.39, 0.29) is 11.9 Å². The topological polar surface area (TPSA) is 53.4 Å². The van der Waals surface area contributed by atoms with E-state index in [9.17, 15) is 4.79 Å². The standard InChI is InChI=1S/C18H20N2O3/c1-20-12-15(11-19-20)17(21)9-8-14-5-2-3-7-18(14)23-13-16-6-4-10-22-16/h2-3,5,7-9,11-12,16H,4,6,10,13H2,1H3/b9-8+/t16-/m1/s1. The average molecular weight is 312 g/mol. The Morgan fingerprint density at radius 2 is 2.35 bits per heavy atom. The summed E-state index contributed by atoms with van der Waals surface area (Å²) >= 11 is 0. The number of nitrogens with zero attached hydrogens (tertiary/aromatic N) is 2. The van der Waals surface area contributed by atoms with E-state index in [2.05, 4.69) is 5.10 Å². The van der Waals surface area contributed by atoms with Crippen molar-refractivity contribution in [3.05, 3.63) is 53.9 Å². The van der Waals surface area contributed by atoms with Crippen LogP contribution in [0.1, 0.15) is 28.8 Å². The average Bonchev–Trinajstić information content (AvgIpc) is 3.23. The summed E-state index contributed by atoms with van der Waals surface area (Å²) in [4.78, 5) is 12.1. The minimum atomic E-state index is -0.0768. The van der Waals surface area contributed by atoms with Crippen LogP contribution < -0.4 is 4.74 Å². The van der Waals surface area contributed by atoms with Gasteiger partial charge in [-0.05, 0) is 31.1 Å². The molecule has 0 radical (unpaired) electrons. The second-order valence-corrected chi connectivity index (χ2v) is 5.58. The molecule has 3 rings (SSSR count). The number of allylic oxidation sites excluding steroid dienone is 1. The van der Waals surface area contributed by atoms with Gasteiger partial charge in [0.05, 0.1) is 17.9 Å². The van der Waals surface area contributed by atoms with E-state index in [1.807, 2.05) is 24.3 Å². The second-order valence-electron chi connectivity index (χ2n) is 5.58. The van der Waals surface area contributed by atoms with Gasteiger partial charge in [-0.1, -0.05) is 18.2 Å². The van der Waals surface area contributed by atoms with E-state index in [1.54, 1.807) is 36.3 Å². The van der Waals surface area contributed by atoms with Crippen LogP contribution in [0.25, 0.3) is 6.08 Å². The maximum atomic E-state index is 12.1. The number of hydrogen-bond acceptors (Lipinski definition) is 4. The lowest BCUT2D eigenvalue weighted by molar-refractivity contribution is 0.0679. The van der Waals surface area contributed by atoms with E-state index in [0.29, 0.717) is 12.2 Å². The third-order valence-electron chi connectivity index (χ3n) is 3.77. The summed E-state index contributed by atoms with van der Waals surface area (Å²) in [6.07, 6.45) is 8.89. The lowest BCUT2D eigenvalue weighted by Gasteiger charge is -2.13. The number of ether oxygens (including phenoxy) is 2. The summed E-state index contributed by atoms with van der Waals surface area (Å²) in [6.45, 7) is 1.36. The maximum Gasteiger partial charge on any atom is 0.189 e. The van der Waals surface area contributed by atoms with Gasteiger partial charge in [0.1, 0.15) is 12.4 Å². The molecule has 1 aliphatic rings. The molecule has 2 heterocycles. The summed E-state index contributed by atoms with van der Waals surface area (Å²) in [7, 11) is 1.79. The van der Waals surface area contributed by atoms with Crippen LogP contribution in [0.15, 0.2) is 42.7 Å². The first-order valence-electron chi connectivity index (χ1n) is 7.77. The summed E-state index contributed by atoms with van der Waals surface area (Å²) < 4.78 is 13.0. The molecule has 0 aliphatic carbocycles. The zero-order valence-electron chi connectivity index (χ0n) is 13.1. The van der Waals surface area contributed by atoms with Crippen LogP contribution in [-0.4, -0.2) is 34.9 Å². The number of aromatic nitrogens is 2. The maximum absolute atomic E-state index is 12.1. The molecule has 0 amide bonds. The predicted octanol–water partition coefficient (Wildman–Crippen LogP) is 2.87. The minimum absolute atomic E-state index is 0.0768. The molecule has 1 aromatic carbocycles. The van der Waals surface area contributed by atoms with Gasteiger partial charge in [0, 0.05) is 25.4 Å². The quantitative estimate of drug-likeness (QED) is 0.608. The Bertz CT molecular complexity index is 700. The fourth-order valence-electron chi connectivity index (χ4n) is 2.52. The highest BCUT2D eigenvalue weighted by molar-refractivity contribution is 6.06. The van der Waals surface area contributed by atoms with E-state index in [4.69, 9.17) is 9.47 Å². The molecule has 1 aromatic heterocycles. The molecular formula is C18H20N2O3. The van der Waals surface area contributed by atoms with Crippen LogP contribution in [0.2, 0.25) is 0 Å². The fourth-order valence-corrected chi connectivity index (χ4v) is 2.52. The summed E-state index contributed by atoms with van der Waals surface area (Å²) in [5.74, 6) is 0.685. The van der Waals surface area contributed by atoms with Crippen molar-refractivity contribution in [2.75, 3.05) is 13.2 Å². The molecule has 0 bridgehead atoms. The van der Waals surface area contributed by atoms with Gasteiger partial charge in [0.25, 0.3) is 0 Å². The molecule has 23 heavy (non-hydrogen) atoms. The molecule has 1 atom stereocenters. The van der Waals surface area contributed by atoms with E-state index >= 15 is 0 Å². The second kappa shape index (κ2) is 7.24. The van der Waals surface area contributed by atoms with Gasteiger partial charge in [-0.2, -0.15) is 5.10 Å². The number of ketones is 1. The highest BCUT2D eigenvalue weighted by Crippen LogP contribution is 2.21. The minimum Gasteiger partial charge on any atom is -0.490 e. The molecule has 0 unspecified atom stereocenters. The third kappa shape index (κ3) is 4.07. The van der Waals surface area contributed by atoms with Crippen LogP contribution in [0.4, 0.5) is 0 Å². The van der Waals surface area contributed by atoms with Crippen molar-refractivity contribution in [2.45, 2.75) is 18.9 Å². The molecular weight excluding hydrogens is 292 g/mol. The zero-order chi connectivity index (χ0) is 16.1. The van der Waals surface area contributed by atoms with Crippen LogP contribution in [-0.2, 0) is 11.8 Å². The van der Waals surface area contributed by atoms with Crippen LogP contribution >= 0.6 is 0 Å². The monoisotopic (exact) mass is 312 g/mol. The number of para-hydroxylation sites is 1. The molecule has 1 saturated heterocycles. The molecule has 120 valence electrons. The van der Waals surface area contributed by atoms with Crippen molar-refractivity contribution in [3.8, 4) is 5.75 Å². The summed E-state index contributed by atoms with van der Waals surface area (Å²) in [5, 5.41) is 4.01. The molecule has 1 fully saturated rings. The van der Waals surface area contributed by atoms with Gasteiger partial charge in [-0.15, -0.1) is 0 Å². The first kappa shape index (κ1) is 15.5. The predicted molar refractivity (Wildman–Crippen MR) is 87.5 cm³/mol. The number of rotatable bonds is 6.